The average molecular weight is 221 g/mol. The maximum atomic E-state index is 11.2. The molecule has 0 saturated carbocycles. The molecule has 0 amide bonds. The Kier molecular flexibility index (Phi) is 7.19. The van der Waals surface area contributed by atoms with Gasteiger partial charge in [-0.2, -0.15) is 0 Å². The molecule has 86 valence electrons. The molecule has 0 atom stereocenters. The van der Waals surface area contributed by atoms with E-state index in [0.29, 0.717) is 13.1 Å². The average Bonchev–Trinajstić information content (AvgIpc) is 2.09. The second kappa shape index (κ2) is 7.23. The van der Waals surface area contributed by atoms with Gasteiger partial charge in [0.15, 0.2) is 0 Å². The summed E-state index contributed by atoms with van der Waals surface area (Å²) >= 11 is 0. The van der Waals surface area contributed by atoms with E-state index >= 15 is 0 Å². The zero-order chi connectivity index (χ0) is 11.0. The van der Waals surface area contributed by atoms with Crippen LogP contribution in [0, 0.1) is 0 Å². The topological polar surface area (TPSA) is 37.4 Å². The van der Waals surface area contributed by atoms with Crippen molar-refractivity contribution >= 4 is 10.0 Å². The second-order valence-electron chi connectivity index (χ2n) is 3.67. The molecule has 0 aromatic carbocycles. The summed E-state index contributed by atoms with van der Waals surface area (Å²) in [5.41, 5.74) is 0. The lowest BCUT2D eigenvalue weighted by Gasteiger charge is -2.17. The number of nitrogens with zero attached hydrogens (tertiary/aromatic N) is 1. The Morgan fingerprint density at radius 3 is 2.00 bits per heavy atom. The highest BCUT2D eigenvalue weighted by atomic mass is 32.2. The fraction of sp³-hybridized carbons (Fsp3) is 1.00. The molecule has 0 aliphatic rings. The number of hydrogen-bond donors (Lipinski definition) is 0. The van der Waals surface area contributed by atoms with Gasteiger partial charge in [0.25, 0.3) is 0 Å². The molecular weight excluding hydrogens is 198 g/mol. The van der Waals surface area contributed by atoms with Crippen LogP contribution >= 0.6 is 0 Å². The van der Waals surface area contributed by atoms with Crippen molar-refractivity contribution in [1.82, 2.24) is 4.31 Å². The Balaban J connectivity index is 3.65. The van der Waals surface area contributed by atoms with E-state index < -0.39 is 10.0 Å². The molecule has 0 aliphatic carbocycles. The van der Waals surface area contributed by atoms with Gasteiger partial charge in [-0.15, -0.1) is 0 Å². The van der Waals surface area contributed by atoms with Crippen LogP contribution in [0.1, 0.15) is 46.0 Å². The standard InChI is InChI=1S/C10H23NO2S/c1-4-6-7-8-9-10-11(5-2)14(3,12)13/h4-10H2,1-3H3. The van der Waals surface area contributed by atoms with Gasteiger partial charge in [0, 0.05) is 13.1 Å². The summed E-state index contributed by atoms with van der Waals surface area (Å²) in [6, 6.07) is 0. The van der Waals surface area contributed by atoms with Gasteiger partial charge in [-0.3, -0.25) is 0 Å². The highest BCUT2D eigenvalue weighted by Crippen LogP contribution is 2.05. The van der Waals surface area contributed by atoms with E-state index in [1.807, 2.05) is 6.92 Å². The smallest absolute Gasteiger partial charge is 0.211 e. The first-order chi connectivity index (χ1) is 6.52. The molecule has 0 unspecified atom stereocenters. The molecular formula is C10H23NO2S. The number of hydrogen-bond acceptors (Lipinski definition) is 2. The van der Waals surface area contributed by atoms with Gasteiger partial charge in [0.05, 0.1) is 6.26 Å². The highest BCUT2D eigenvalue weighted by molar-refractivity contribution is 7.88. The van der Waals surface area contributed by atoms with Crippen LogP contribution in [-0.2, 0) is 10.0 Å². The van der Waals surface area contributed by atoms with Crippen molar-refractivity contribution in [3.63, 3.8) is 0 Å². The molecule has 0 aromatic heterocycles. The van der Waals surface area contributed by atoms with Gasteiger partial charge >= 0.3 is 0 Å². The van der Waals surface area contributed by atoms with E-state index in [9.17, 15) is 8.42 Å². The molecule has 14 heavy (non-hydrogen) atoms. The van der Waals surface area contributed by atoms with Crippen molar-refractivity contribution in [2.75, 3.05) is 19.3 Å². The van der Waals surface area contributed by atoms with Crippen LogP contribution in [0.5, 0.6) is 0 Å². The van der Waals surface area contributed by atoms with E-state index in [1.54, 1.807) is 4.31 Å². The molecule has 0 bridgehead atoms. The largest absolute Gasteiger partial charge is 0.213 e. The summed E-state index contributed by atoms with van der Waals surface area (Å²) < 4.78 is 24.0. The van der Waals surface area contributed by atoms with Crippen LogP contribution in [-0.4, -0.2) is 32.1 Å². The molecule has 0 aliphatic heterocycles. The van der Waals surface area contributed by atoms with Crippen molar-refractivity contribution in [2.24, 2.45) is 0 Å². The summed E-state index contributed by atoms with van der Waals surface area (Å²) in [7, 11) is -2.97. The molecule has 0 aromatic rings. The molecule has 0 fully saturated rings. The quantitative estimate of drug-likeness (QED) is 0.589. The SMILES string of the molecule is CCCCCCCN(CC)S(C)(=O)=O. The van der Waals surface area contributed by atoms with E-state index in [1.165, 1.54) is 25.5 Å². The van der Waals surface area contributed by atoms with Gasteiger partial charge in [-0.05, 0) is 6.42 Å². The first-order valence-electron chi connectivity index (χ1n) is 5.47. The number of unbranched alkanes of at least 4 members (excludes halogenated alkanes) is 4. The lowest BCUT2D eigenvalue weighted by molar-refractivity contribution is 0.415. The van der Waals surface area contributed by atoms with E-state index in [2.05, 4.69) is 6.92 Å². The van der Waals surface area contributed by atoms with Crippen molar-refractivity contribution < 1.29 is 8.42 Å². The molecule has 0 spiro atoms. The van der Waals surface area contributed by atoms with Gasteiger partial charge in [0.1, 0.15) is 0 Å². The van der Waals surface area contributed by atoms with Crippen LogP contribution in [0.2, 0.25) is 0 Å². The Hall–Kier alpha value is -0.0900. The van der Waals surface area contributed by atoms with Gasteiger partial charge in [-0.1, -0.05) is 39.5 Å². The Morgan fingerprint density at radius 1 is 1.00 bits per heavy atom. The lowest BCUT2D eigenvalue weighted by Crippen LogP contribution is -2.30. The summed E-state index contributed by atoms with van der Waals surface area (Å²) in [6.45, 7) is 5.33. The first kappa shape index (κ1) is 13.9. The van der Waals surface area contributed by atoms with Crippen molar-refractivity contribution in [1.29, 1.82) is 0 Å². The summed E-state index contributed by atoms with van der Waals surface area (Å²) in [4.78, 5) is 0. The van der Waals surface area contributed by atoms with Gasteiger partial charge in [-0.25, -0.2) is 12.7 Å². The Bertz CT molecular complexity index is 224. The second-order valence-corrected chi connectivity index (χ2v) is 5.65. The van der Waals surface area contributed by atoms with Crippen LogP contribution in [0.3, 0.4) is 0 Å². The lowest BCUT2D eigenvalue weighted by atomic mass is 10.1. The molecule has 0 N–H and O–H groups in total. The highest BCUT2D eigenvalue weighted by Gasteiger charge is 2.12. The minimum absolute atomic E-state index is 0.590. The van der Waals surface area contributed by atoms with Crippen molar-refractivity contribution in [3.8, 4) is 0 Å². The summed E-state index contributed by atoms with van der Waals surface area (Å²) in [5.74, 6) is 0. The molecule has 0 heterocycles. The van der Waals surface area contributed by atoms with Crippen LogP contribution in [0.15, 0.2) is 0 Å². The maximum absolute atomic E-state index is 11.2. The summed E-state index contributed by atoms with van der Waals surface area (Å²) in [5, 5.41) is 0. The van der Waals surface area contributed by atoms with Crippen LogP contribution in [0.4, 0.5) is 0 Å². The zero-order valence-electron chi connectivity index (χ0n) is 9.62. The predicted octanol–water partition coefficient (Wildman–Crippen LogP) is 2.24. The number of sulfonamides is 1. The number of rotatable bonds is 8. The first-order valence-corrected chi connectivity index (χ1v) is 7.32. The van der Waals surface area contributed by atoms with E-state index in [4.69, 9.17) is 0 Å². The fourth-order valence-corrected chi connectivity index (χ4v) is 2.38. The minimum atomic E-state index is -2.97. The van der Waals surface area contributed by atoms with Crippen LogP contribution in [0.25, 0.3) is 0 Å². The van der Waals surface area contributed by atoms with Crippen molar-refractivity contribution in [3.05, 3.63) is 0 Å². The molecule has 3 nitrogen and oxygen atoms in total. The molecule has 0 saturated heterocycles. The zero-order valence-corrected chi connectivity index (χ0v) is 10.4. The Morgan fingerprint density at radius 2 is 1.57 bits per heavy atom. The van der Waals surface area contributed by atoms with Gasteiger partial charge in [0.2, 0.25) is 10.0 Å². The summed E-state index contributed by atoms with van der Waals surface area (Å²) in [6.07, 6.45) is 7.11. The van der Waals surface area contributed by atoms with E-state index in [-0.39, 0.29) is 0 Å². The molecule has 4 heteroatoms. The molecule has 0 radical (unpaired) electrons. The minimum Gasteiger partial charge on any atom is -0.213 e. The molecule has 0 rings (SSSR count). The third-order valence-electron chi connectivity index (χ3n) is 2.33. The third kappa shape index (κ3) is 6.38. The maximum Gasteiger partial charge on any atom is 0.211 e. The third-order valence-corrected chi connectivity index (χ3v) is 3.71. The van der Waals surface area contributed by atoms with Gasteiger partial charge < -0.3 is 0 Å². The van der Waals surface area contributed by atoms with E-state index in [0.717, 1.165) is 12.8 Å². The normalized spacial score (nSPS) is 12.3. The van der Waals surface area contributed by atoms with Crippen molar-refractivity contribution in [2.45, 2.75) is 46.0 Å². The fourth-order valence-electron chi connectivity index (χ4n) is 1.45. The monoisotopic (exact) mass is 221 g/mol. The Labute approximate surface area is 88.5 Å². The van der Waals surface area contributed by atoms with Crippen LogP contribution < -0.4 is 0 Å². The predicted molar refractivity (Wildman–Crippen MR) is 60.8 cm³/mol.